The smallest absolute Gasteiger partial charge is 0.337 e. The summed E-state index contributed by atoms with van der Waals surface area (Å²) in [6.45, 7) is 4.69. The van der Waals surface area contributed by atoms with Gasteiger partial charge in [-0.05, 0) is 72.8 Å². The second kappa shape index (κ2) is 11.9. The van der Waals surface area contributed by atoms with Crippen molar-refractivity contribution in [2.75, 3.05) is 76.1 Å². The number of nitrogens with one attached hydrogen (secondary N) is 2. The fourth-order valence-corrected chi connectivity index (χ4v) is 5.65. The van der Waals surface area contributed by atoms with Crippen molar-refractivity contribution in [1.29, 1.82) is 0 Å². The van der Waals surface area contributed by atoms with E-state index in [1.165, 1.54) is 7.11 Å². The van der Waals surface area contributed by atoms with E-state index < -0.39 is 5.97 Å². The Kier molecular flexibility index (Phi) is 7.88. The normalized spacial score (nSPS) is 17.4. The highest BCUT2D eigenvalue weighted by Crippen LogP contribution is 2.39. The van der Waals surface area contributed by atoms with Crippen LogP contribution in [-0.2, 0) is 20.7 Å². The van der Waals surface area contributed by atoms with Crippen LogP contribution >= 0.6 is 0 Å². The van der Waals surface area contributed by atoms with Gasteiger partial charge in [-0.15, -0.1) is 0 Å². The van der Waals surface area contributed by atoms with E-state index in [1.807, 2.05) is 42.5 Å². The van der Waals surface area contributed by atoms with Crippen molar-refractivity contribution in [3.8, 4) is 5.75 Å². The first-order chi connectivity index (χ1) is 20.8. The molecule has 0 radical (unpaired) electrons. The molecule has 6 rings (SSSR count). The van der Waals surface area contributed by atoms with Gasteiger partial charge in [-0.3, -0.25) is 14.5 Å². The number of likely N-dealkylation sites (N-methyl/N-ethyl adjacent to an activating group) is 2. The number of piperazine rings is 1. The van der Waals surface area contributed by atoms with Crippen LogP contribution in [-0.4, -0.2) is 88.1 Å². The molecular formula is C33H35N5O5. The van der Waals surface area contributed by atoms with Gasteiger partial charge < -0.3 is 29.9 Å². The van der Waals surface area contributed by atoms with E-state index in [0.29, 0.717) is 41.2 Å². The van der Waals surface area contributed by atoms with Crippen molar-refractivity contribution >= 4 is 46.1 Å². The Balaban J connectivity index is 1.29. The third-order valence-corrected chi connectivity index (χ3v) is 8.27. The zero-order valence-corrected chi connectivity index (χ0v) is 24.6. The van der Waals surface area contributed by atoms with Gasteiger partial charge in [-0.2, -0.15) is 0 Å². The first kappa shape index (κ1) is 28.4. The molecule has 0 spiro atoms. The Morgan fingerprint density at radius 1 is 1.00 bits per heavy atom. The molecule has 222 valence electrons. The number of ether oxygens (including phenoxy) is 2. The molecule has 10 heteroatoms. The van der Waals surface area contributed by atoms with E-state index in [0.717, 1.165) is 60.9 Å². The van der Waals surface area contributed by atoms with E-state index in [2.05, 4.69) is 27.5 Å². The van der Waals surface area contributed by atoms with Crippen LogP contribution in [0.1, 0.15) is 27.0 Å². The zero-order chi connectivity index (χ0) is 30.1. The number of carbonyl (C=O) groups is 3. The highest BCUT2D eigenvalue weighted by Gasteiger charge is 2.30. The van der Waals surface area contributed by atoms with Crippen LogP contribution in [0, 0.1) is 0 Å². The van der Waals surface area contributed by atoms with Crippen LogP contribution in [0.15, 0.2) is 60.7 Å². The second-order valence-electron chi connectivity index (χ2n) is 11.1. The van der Waals surface area contributed by atoms with E-state index in [-0.39, 0.29) is 11.8 Å². The van der Waals surface area contributed by atoms with E-state index in [4.69, 9.17) is 9.47 Å². The third kappa shape index (κ3) is 5.84. The Hall–Kier alpha value is -4.67. The minimum absolute atomic E-state index is 0.0407. The van der Waals surface area contributed by atoms with Gasteiger partial charge in [0, 0.05) is 56.6 Å². The molecule has 43 heavy (non-hydrogen) atoms. The molecule has 1 saturated heterocycles. The van der Waals surface area contributed by atoms with E-state index in [1.54, 1.807) is 30.1 Å². The molecule has 10 nitrogen and oxygen atoms in total. The molecule has 1 fully saturated rings. The monoisotopic (exact) mass is 581 g/mol. The molecule has 3 aromatic rings. The summed E-state index contributed by atoms with van der Waals surface area (Å²) in [5, 5.41) is 6.39. The largest absolute Gasteiger partial charge is 0.493 e. The number of nitrogens with zero attached hydrogens (tertiary/aromatic N) is 3. The highest BCUT2D eigenvalue weighted by atomic mass is 16.5. The number of hydrogen-bond acceptors (Lipinski definition) is 8. The number of carbonyl (C=O) groups excluding carboxylic acids is 3. The molecule has 2 N–H and O–H groups in total. The Bertz CT molecular complexity index is 1610. The number of amides is 2. The number of benzene rings is 3. The molecular weight excluding hydrogens is 546 g/mol. The fraction of sp³-hybridized carbons (Fsp3) is 0.303. The minimum Gasteiger partial charge on any atom is -0.493 e. The molecule has 0 atom stereocenters. The topological polar surface area (TPSA) is 103 Å². The molecule has 0 saturated carbocycles. The van der Waals surface area contributed by atoms with Gasteiger partial charge in [0.05, 0.1) is 42.8 Å². The highest BCUT2D eigenvalue weighted by molar-refractivity contribution is 6.37. The number of anilines is 3. The lowest BCUT2D eigenvalue weighted by molar-refractivity contribution is -0.119. The Morgan fingerprint density at radius 2 is 1.74 bits per heavy atom. The van der Waals surface area contributed by atoms with Crippen LogP contribution in [0.25, 0.3) is 11.3 Å². The summed E-state index contributed by atoms with van der Waals surface area (Å²) in [6.07, 6.45) is 0.792. The average molecular weight is 582 g/mol. The molecule has 3 aromatic carbocycles. The zero-order valence-electron chi connectivity index (χ0n) is 24.6. The molecule has 3 aliphatic rings. The van der Waals surface area contributed by atoms with Crippen molar-refractivity contribution in [3.05, 3.63) is 82.9 Å². The number of fused-ring (bicyclic) bond motifs is 2. The van der Waals surface area contributed by atoms with Gasteiger partial charge in [0.15, 0.2) is 0 Å². The van der Waals surface area contributed by atoms with Gasteiger partial charge in [0.25, 0.3) is 5.91 Å². The maximum atomic E-state index is 13.4. The summed E-state index contributed by atoms with van der Waals surface area (Å²) in [4.78, 5) is 44.7. The summed E-state index contributed by atoms with van der Waals surface area (Å²) < 4.78 is 10.6. The van der Waals surface area contributed by atoms with Crippen LogP contribution in [0.4, 0.5) is 17.1 Å². The number of esters is 1. The molecule has 0 aliphatic carbocycles. The van der Waals surface area contributed by atoms with Crippen molar-refractivity contribution in [2.45, 2.75) is 6.42 Å². The molecule has 3 aliphatic heterocycles. The summed E-state index contributed by atoms with van der Waals surface area (Å²) >= 11 is 0. The third-order valence-electron chi connectivity index (χ3n) is 8.27. The van der Waals surface area contributed by atoms with Crippen molar-refractivity contribution in [3.63, 3.8) is 0 Å². The van der Waals surface area contributed by atoms with Crippen molar-refractivity contribution in [2.24, 2.45) is 0 Å². The predicted octanol–water partition coefficient (Wildman–Crippen LogP) is 3.55. The van der Waals surface area contributed by atoms with Gasteiger partial charge in [-0.1, -0.05) is 6.07 Å². The maximum absolute atomic E-state index is 13.4. The maximum Gasteiger partial charge on any atom is 0.337 e. The quantitative estimate of drug-likeness (QED) is 0.323. The molecule has 0 aromatic heterocycles. The molecule has 2 amide bonds. The minimum atomic E-state index is -0.474. The van der Waals surface area contributed by atoms with Gasteiger partial charge in [0.1, 0.15) is 5.75 Å². The SMILES string of the molecule is COC(=O)c1ccc2c(c1)NC(=O)C2=C(Nc1ccc(N(C)C(=O)CN2CCN(C)CC2)cc1)c1ccc2c(c1)CCO2. The summed E-state index contributed by atoms with van der Waals surface area (Å²) in [7, 11) is 5.22. The van der Waals surface area contributed by atoms with Gasteiger partial charge in [0.2, 0.25) is 5.91 Å². The second-order valence-corrected chi connectivity index (χ2v) is 11.1. The van der Waals surface area contributed by atoms with E-state index in [9.17, 15) is 14.4 Å². The Labute approximate surface area is 250 Å². The Morgan fingerprint density at radius 3 is 2.49 bits per heavy atom. The summed E-state index contributed by atoms with van der Waals surface area (Å²) in [6, 6.07) is 18.6. The predicted molar refractivity (Wildman–Crippen MR) is 166 cm³/mol. The first-order valence-electron chi connectivity index (χ1n) is 14.4. The lowest BCUT2D eigenvalue weighted by Crippen LogP contribution is -2.48. The first-order valence-corrected chi connectivity index (χ1v) is 14.4. The van der Waals surface area contributed by atoms with E-state index >= 15 is 0 Å². The summed E-state index contributed by atoms with van der Waals surface area (Å²) in [5.41, 5.74) is 6.14. The number of rotatable bonds is 7. The summed E-state index contributed by atoms with van der Waals surface area (Å²) in [5.74, 6) is 0.139. The van der Waals surface area contributed by atoms with Gasteiger partial charge in [-0.25, -0.2) is 4.79 Å². The molecule has 0 bridgehead atoms. The molecule has 3 heterocycles. The van der Waals surface area contributed by atoms with Crippen LogP contribution in [0.5, 0.6) is 5.75 Å². The molecule has 0 unspecified atom stereocenters. The van der Waals surface area contributed by atoms with Crippen LogP contribution in [0.2, 0.25) is 0 Å². The number of methoxy groups -OCH3 is 1. The van der Waals surface area contributed by atoms with Crippen molar-refractivity contribution in [1.82, 2.24) is 9.80 Å². The number of hydrogen-bond donors (Lipinski definition) is 2. The van der Waals surface area contributed by atoms with Crippen LogP contribution < -0.4 is 20.3 Å². The lowest BCUT2D eigenvalue weighted by atomic mass is 9.97. The lowest BCUT2D eigenvalue weighted by Gasteiger charge is -2.32. The van der Waals surface area contributed by atoms with Gasteiger partial charge >= 0.3 is 5.97 Å². The fourth-order valence-electron chi connectivity index (χ4n) is 5.65. The average Bonchev–Trinajstić information content (AvgIpc) is 3.63. The standard InChI is InChI=1S/C33H35N5O5/c1-36-13-15-38(16-14-36)20-29(39)37(2)25-8-6-24(7-9-25)34-31(22-5-11-28-21(18-22)12-17-43-28)30-26-10-4-23(33(41)42-3)19-27(26)35-32(30)40/h4-11,18-19,34H,12-17,20H2,1-3H3,(H,35,40). The van der Waals surface area contributed by atoms with Crippen LogP contribution in [0.3, 0.4) is 0 Å². The van der Waals surface area contributed by atoms with Crippen molar-refractivity contribution < 1.29 is 23.9 Å².